The fourth-order valence-electron chi connectivity index (χ4n) is 3.43. The summed E-state index contributed by atoms with van der Waals surface area (Å²) in [5.41, 5.74) is 1.76. The van der Waals surface area contributed by atoms with E-state index in [4.69, 9.17) is 0 Å². The predicted molar refractivity (Wildman–Crippen MR) is 115 cm³/mol. The number of benzene rings is 2. The molecular weight excluding hydrogens is 432 g/mol. The fraction of sp³-hybridized carbons (Fsp3) is 0.292. The second-order valence-electron chi connectivity index (χ2n) is 6.88. The quantitative estimate of drug-likeness (QED) is 0.241. The van der Waals surface area contributed by atoms with Crippen LogP contribution in [0, 0.1) is 17.8 Å². The molecule has 33 heavy (non-hydrogen) atoms. The minimum absolute atomic E-state index is 0.0512. The predicted octanol–water partition coefficient (Wildman–Crippen LogP) is 2.08. The third kappa shape index (κ3) is 5.62. The number of hydrogen-bond donors (Lipinski definition) is 0. The molecule has 0 aromatic heterocycles. The van der Waals surface area contributed by atoms with E-state index < -0.39 is 47.4 Å². The van der Waals surface area contributed by atoms with E-state index in [2.05, 4.69) is 18.9 Å². The third-order valence-corrected chi connectivity index (χ3v) is 5.12. The van der Waals surface area contributed by atoms with E-state index in [9.17, 15) is 24.0 Å². The number of carbonyl (C=O) groups is 5. The van der Waals surface area contributed by atoms with Crippen molar-refractivity contribution in [3.63, 3.8) is 0 Å². The highest BCUT2D eigenvalue weighted by Gasteiger charge is 2.52. The van der Waals surface area contributed by atoms with Crippen LogP contribution in [-0.4, -0.2) is 58.1 Å². The zero-order chi connectivity index (χ0) is 24.5. The molecule has 174 valence electrons. The van der Waals surface area contributed by atoms with Crippen LogP contribution in [0.15, 0.2) is 54.6 Å². The number of methoxy groups -OCH3 is 4. The Hall–Kier alpha value is -4.01. The van der Waals surface area contributed by atoms with E-state index >= 15 is 0 Å². The number of ether oxygens (including phenoxy) is 4. The minimum Gasteiger partial charge on any atom is -0.468 e. The van der Waals surface area contributed by atoms with Gasteiger partial charge in [0.25, 0.3) is 0 Å². The molecule has 0 atom stereocenters. The summed E-state index contributed by atoms with van der Waals surface area (Å²) < 4.78 is 18.6. The van der Waals surface area contributed by atoms with Crippen molar-refractivity contribution in [2.45, 2.75) is 0 Å². The second kappa shape index (κ2) is 11.6. The number of rotatable bonds is 9. The van der Waals surface area contributed by atoms with Gasteiger partial charge in [0.1, 0.15) is 0 Å². The van der Waals surface area contributed by atoms with Gasteiger partial charge in [0.2, 0.25) is 0 Å². The van der Waals surface area contributed by atoms with Crippen molar-refractivity contribution < 1.29 is 42.9 Å². The maximum atomic E-state index is 13.5. The van der Waals surface area contributed by atoms with Crippen LogP contribution >= 0.6 is 0 Å². The minimum atomic E-state index is -1.91. The lowest BCUT2D eigenvalue weighted by molar-refractivity contribution is -0.167. The molecule has 0 saturated carbocycles. The molecule has 0 spiro atoms. The molecule has 0 aliphatic heterocycles. The third-order valence-electron chi connectivity index (χ3n) is 5.12. The van der Waals surface area contributed by atoms with Gasteiger partial charge in [-0.1, -0.05) is 54.6 Å². The average molecular weight is 456 g/mol. The van der Waals surface area contributed by atoms with Crippen molar-refractivity contribution in [1.29, 1.82) is 0 Å². The van der Waals surface area contributed by atoms with Gasteiger partial charge in [0, 0.05) is 5.56 Å². The van der Waals surface area contributed by atoms with Crippen LogP contribution in [0.1, 0.15) is 10.4 Å². The van der Waals surface area contributed by atoms with Crippen molar-refractivity contribution >= 4 is 29.7 Å². The summed E-state index contributed by atoms with van der Waals surface area (Å²) in [5, 5.41) is 0. The Labute approximate surface area is 190 Å². The molecule has 0 radical (unpaired) electrons. The molecule has 2 rings (SSSR count). The smallest absolute Gasteiger partial charge is 0.320 e. The van der Waals surface area contributed by atoms with Gasteiger partial charge in [-0.2, -0.15) is 0 Å². The topological polar surface area (TPSA) is 122 Å². The second-order valence-corrected chi connectivity index (χ2v) is 6.88. The lowest BCUT2D eigenvalue weighted by Crippen LogP contribution is -2.47. The van der Waals surface area contributed by atoms with Crippen LogP contribution in [0.3, 0.4) is 0 Å². The van der Waals surface area contributed by atoms with Crippen molar-refractivity contribution in [3.8, 4) is 11.1 Å². The Morgan fingerprint density at radius 1 is 0.545 bits per heavy atom. The molecule has 0 heterocycles. The van der Waals surface area contributed by atoms with Crippen LogP contribution in [-0.2, 0) is 38.1 Å². The van der Waals surface area contributed by atoms with E-state index in [0.29, 0.717) is 0 Å². The molecule has 9 nitrogen and oxygen atoms in total. The Kier molecular flexibility index (Phi) is 8.85. The summed E-state index contributed by atoms with van der Waals surface area (Å²) >= 11 is 0. The van der Waals surface area contributed by atoms with Crippen molar-refractivity contribution in [1.82, 2.24) is 0 Å². The molecular formula is C24H24O9. The summed E-state index contributed by atoms with van der Waals surface area (Å²) in [4.78, 5) is 63.4. The normalized spacial score (nSPS) is 10.6. The van der Waals surface area contributed by atoms with Crippen LogP contribution in [0.4, 0.5) is 0 Å². The number of Topliss-reactive ketones (excluding diaryl/α,β-unsaturated/α-hetero) is 1. The van der Waals surface area contributed by atoms with Crippen LogP contribution in [0.25, 0.3) is 11.1 Å². The number of esters is 4. The molecule has 0 unspecified atom stereocenters. The largest absolute Gasteiger partial charge is 0.468 e. The monoisotopic (exact) mass is 456 g/mol. The van der Waals surface area contributed by atoms with Crippen molar-refractivity contribution in [2.24, 2.45) is 17.8 Å². The molecule has 0 bridgehead atoms. The first kappa shape index (κ1) is 25.3. The molecule has 0 aliphatic rings. The molecule has 2 aromatic rings. The Morgan fingerprint density at radius 3 is 1.27 bits per heavy atom. The molecule has 2 aromatic carbocycles. The first-order valence-electron chi connectivity index (χ1n) is 9.81. The number of carbonyl (C=O) groups excluding carboxylic acids is 5. The Morgan fingerprint density at radius 2 is 0.909 bits per heavy atom. The van der Waals surface area contributed by atoms with Crippen molar-refractivity contribution in [2.75, 3.05) is 28.4 Å². The number of ketones is 1. The van der Waals surface area contributed by atoms with Crippen LogP contribution < -0.4 is 0 Å². The lowest BCUT2D eigenvalue weighted by Gasteiger charge is -2.27. The van der Waals surface area contributed by atoms with Gasteiger partial charge >= 0.3 is 23.9 Å². The van der Waals surface area contributed by atoms with Gasteiger partial charge in [0.05, 0.1) is 34.4 Å². The highest BCUT2D eigenvalue weighted by atomic mass is 16.6. The molecule has 9 heteroatoms. The highest BCUT2D eigenvalue weighted by molar-refractivity contribution is 6.11. The molecule has 0 aliphatic carbocycles. The van der Waals surface area contributed by atoms with Crippen molar-refractivity contribution in [3.05, 3.63) is 60.2 Å². The Balaban J connectivity index is 2.61. The van der Waals surface area contributed by atoms with Gasteiger partial charge in [-0.15, -0.1) is 0 Å². The van der Waals surface area contributed by atoms with Gasteiger partial charge in [-0.05, 0) is 11.1 Å². The summed E-state index contributed by atoms with van der Waals surface area (Å²) in [5.74, 6) is -11.1. The van der Waals surface area contributed by atoms with E-state index in [1.807, 2.05) is 30.3 Å². The van der Waals surface area contributed by atoms with E-state index in [1.165, 1.54) is 12.1 Å². The summed E-state index contributed by atoms with van der Waals surface area (Å²) in [6.07, 6.45) is 0. The fourth-order valence-corrected chi connectivity index (χ4v) is 3.43. The molecule has 0 saturated heterocycles. The van der Waals surface area contributed by atoms with Gasteiger partial charge in [-0.3, -0.25) is 24.0 Å². The van der Waals surface area contributed by atoms with E-state index in [-0.39, 0.29) is 5.56 Å². The van der Waals surface area contributed by atoms with Gasteiger partial charge in [0.15, 0.2) is 17.6 Å². The standard InChI is InChI=1S/C24H24O9/c1-30-21(26)18(22(27)31-2)17(19(23(28)32-3)24(29)33-4)20(25)16-12-10-15(11-13-16)14-8-6-5-7-9-14/h5-13,17-19H,1-4H3. The molecule has 0 N–H and O–H groups in total. The summed E-state index contributed by atoms with van der Waals surface area (Å²) in [7, 11) is 4.00. The highest BCUT2D eigenvalue weighted by Crippen LogP contribution is 2.31. The lowest BCUT2D eigenvalue weighted by atomic mass is 9.76. The van der Waals surface area contributed by atoms with Gasteiger partial charge < -0.3 is 18.9 Å². The van der Waals surface area contributed by atoms with Crippen LogP contribution in [0.5, 0.6) is 0 Å². The molecule has 0 amide bonds. The van der Waals surface area contributed by atoms with E-state index in [1.54, 1.807) is 12.1 Å². The van der Waals surface area contributed by atoms with Crippen LogP contribution in [0.2, 0.25) is 0 Å². The van der Waals surface area contributed by atoms with Gasteiger partial charge in [-0.25, -0.2) is 0 Å². The summed E-state index contributed by atoms with van der Waals surface area (Å²) in [6, 6.07) is 15.6. The first-order chi connectivity index (χ1) is 15.8. The summed E-state index contributed by atoms with van der Waals surface area (Å²) in [6.45, 7) is 0. The SMILES string of the molecule is COC(=O)C(C(=O)OC)C(C(=O)c1ccc(-c2ccccc2)cc1)C(C(=O)OC)C(=O)OC. The van der Waals surface area contributed by atoms with E-state index in [0.717, 1.165) is 39.6 Å². The average Bonchev–Trinajstić information content (AvgIpc) is 2.87. The zero-order valence-corrected chi connectivity index (χ0v) is 18.6. The Bertz CT molecular complexity index is 944. The zero-order valence-electron chi connectivity index (χ0n) is 18.6. The molecule has 0 fully saturated rings. The maximum absolute atomic E-state index is 13.5. The maximum Gasteiger partial charge on any atom is 0.320 e. The number of hydrogen-bond acceptors (Lipinski definition) is 9. The first-order valence-corrected chi connectivity index (χ1v) is 9.81.